The van der Waals surface area contributed by atoms with Gasteiger partial charge in [-0.1, -0.05) is 26.0 Å². The highest BCUT2D eigenvalue weighted by molar-refractivity contribution is 5.39. The first kappa shape index (κ1) is 15.0. The van der Waals surface area contributed by atoms with Gasteiger partial charge in [0.15, 0.2) is 0 Å². The summed E-state index contributed by atoms with van der Waals surface area (Å²) in [7, 11) is 0. The van der Waals surface area contributed by atoms with Crippen LogP contribution in [0, 0.1) is 0 Å². The highest BCUT2D eigenvalue weighted by Crippen LogP contribution is 2.31. The fourth-order valence-electron chi connectivity index (χ4n) is 2.10. The van der Waals surface area contributed by atoms with Crippen molar-refractivity contribution in [1.29, 1.82) is 0 Å². The van der Waals surface area contributed by atoms with Crippen molar-refractivity contribution in [3.63, 3.8) is 0 Å². The fourth-order valence-corrected chi connectivity index (χ4v) is 2.10. The number of aliphatic hydroxyl groups excluding tert-OH is 2. The largest absolute Gasteiger partial charge is 0.494 e. The zero-order chi connectivity index (χ0) is 13.5. The van der Waals surface area contributed by atoms with Gasteiger partial charge in [-0.2, -0.15) is 0 Å². The first-order chi connectivity index (χ1) is 8.62. The van der Waals surface area contributed by atoms with Crippen LogP contribution in [0.15, 0.2) is 18.2 Å². The zero-order valence-electron chi connectivity index (χ0n) is 11.5. The van der Waals surface area contributed by atoms with E-state index in [1.807, 2.05) is 13.0 Å². The van der Waals surface area contributed by atoms with E-state index in [4.69, 9.17) is 9.84 Å². The lowest BCUT2D eigenvalue weighted by Crippen LogP contribution is -2.15. The molecule has 0 saturated heterocycles. The minimum absolute atomic E-state index is 0.167. The maximum atomic E-state index is 9.55. The van der Waals surface area contributed by atoms with Crippen molar-refractivity contribution < 1.29 is 14.9 Å². The maximum Gasteiger partial charge on any atom is 0.122 e. The molecule has 0 amide bonds. The van der Waals surface area contributed by atoms with Gasteiger partial charge in [0, 0.05) is 0 Å². The van der Waals surface area contributed by atoms with Gasteiger partial charge in [0.05, 0.1) is 19.3 Å². The van der Waals surface area contributed by atoms with E-state index >= 15 is 0 Å². The van der Waals surface area contributed by atoms with E-state index in [1.54, 1.807) is 0 Å². The van der Waals surface area contributed by atoms with Gasteiger partial charge in [0.25, 0.3) is 0 Å². The molecule has 0 bridgehead atoms. The molecule has 1 aromatic carbocycles. The van der Waals surface area contributed by atoms with E-state index in [0.717, 1.165) is 17.7 Å². The monoisotopic (exact) mass is 252 g/mol. The van der Waals surface area contributed by atoms with Gasteiger partial charge >= 0.3 is 0 Å². The number of hydrogen-bond acceptors (Lipinski definition) is 3. The highest BCUT2D eigenvalue weighted by atomic mass is 16.5. The zero-order valence-corrected chi connectivity index (χ0v) is 11.5. The number of aryl methyl sites for hydroxylation is 1. The van der Waals surface area contributed by atoms with Crippen LogP contribution >= 0.6 is 0 Å². The first-order valence-electron chi connectivity index (χ1n) is 6.66. The smallest absolute Gasteiger partial charge is 0.122 e. The normalized spacial score (nSPS) is 14.3. The van der Waals surface area contributed by atoms with Gasteiger partial charge in [-0.25, -0.2) is 0 Å². The van der Waals surface area contributed by atoms with Crippen LogP contribution in [0.3, 0.4) is 0 Å². The van der Waals surface area contributed by atoms with Crippen molar-refractivity contribution >= 4 is 0 Å². The molecular weight excluding hydrogens is 228 g/mol. The highest BCUT2D eigenvalue weighted by Gasteiger charge is 2.16. The Morgan fingerprint density at radius 1 is 1.28 bits per heavy atom. The molecule has 0 aromatic heterocycles. The van der Waals surface area contributed by atoms with Crippen LogP contribution in [-0.2, 0) is 6.42 Å². The summed E-state index contributed by atoms with van der Waals surface area (Å²) in [6, 6.07) is 6.21. The summed E-state index contributed by atoms with van der Waals surface area (Å²) in [5, 5.41) is 18.5. The van der Waals surface area contributed by atoms with E-state index in [2.05, 4.69) is 26.0 Å². The van der Waals surface area contributed by atoms with Crippen LogP contribution in [0.5, 0.6) is 5.75 Å². The third-order valence-electron chi connectivity index (χ3n) is 3.15. The van der Waals surface area contributed by atoms with Crippen LogP contribution in [-0.4, -0.2) is 29.5 Å². The Balaban J connectivity index is 2.94. The molecule has 0 heterocycles. The molecule has 1 rings (SSSR count). The molecule has 3 heteroatoms. The van der Waals surface area contributed by atoms with E-state index in [-0.39, 0.29) is 12.5 Å². The summed E-state index contributed by atoms with van der Waals surface area (Å²) in [5.41, 5.74) is 2.38. The van der Waals surface area contributed by atoms with E-state index in [1.165, 1.54) is 5.56 Å². The SMILES string of the molecule is CCOc1ccc(CC)cc1C(C)CC(O)CO. The molecule has 0 aliphatic heterocycles. The molecule has 0 aliphatic rings. The molecule has 102 valence electrons. The Bertz CT molecular complexity index is 363. The van der Waals surface area contributed by atoms with Crippen molar-refractivity contribution in [2.24, 2.45) is 0 Å². The van der Waals surface area contributed by atoms with Crippen molar-refractivity contribution in [3.05, 3.63) is 29.3 Å². The molecular formula is C15H24O3. The van der Waals surface area contributed by atoms with Crippen molar-refractivity contribution in [2.45, 2.75) is 45.6 Å². The summed E-state index contributed by atoms with van der Waals surface area (Å²) in [6.45, 7) is 6.57. The van der Waals surface area contributed by atoms with Crippen LogP contribution in [0.4, 0.5) is 0 Å². The van der Waals surface area contributed by atoms with Gasteiger partial charge in [-0.3, -0.25) is 0 Å². The number of rotatable bonds is 7. The minimum atomic E-state index is -0.667. The second-order valence-corrected chi connectivity index (χ2v) is 4.63. The van der Waals surface area contributed by atoms with E-state index in [0.29, 0.717) is 13.0 Å². The molecule has 0 aliphatic carbocycles. The molecule has 2 unspecified atom stereocenters. The lowest BCUT2D eigenvalue weighted by atomic mass is 9.92. The summed E-state index contributed by atoms with van der Waals surface area (Å²) < 4.78 is 5.63. The van der Waals surface area contributed by atoms with E-state index < -0.39 is 6.10 Å². The standard InChI is InChI=1S/C15H24O3/c1-4-12-6-7-15(18-5-2)14(9-12)11(3)8-13(17)10-16/h6-7,9,11,13,16-17H,4-5,8,10H2,1-3H3. The summed E-state index contributed by atoms with van der Waals surface area (Å²) in [6.07, 6.45) is 0.859. The summed E-state index contributed by atoms with van der Waals surface area (Å²) in [4.78, 5) is 0. The summed E-state index contributed by atoms with van der Waals surface area (Å²) in [5.74, 6) is 1.05. The topological polar surface area (TPSA) is 49.7 Å². The van der Waals surface area contributed by atoms with Gasteiger partial charge in [0.1, 0.15) is 5.75 Å². The lowest BCUT2D eigenvalue weighted by Gasteiger charge is -2.19. The molecule has 0 saturated carbocycles. The Morgan fingerprint density at radius 3 is 2.56 bits per heavy atom. The maximum absolute atomic E-state index is 9.55. The predicted molar refractivity (Wildman–Crippen MR) is 73.1 cm³/mol. The average Bonchev–Trinajstić information content (AvgIpc) is 2.39. The number of benzene rings is 1. The molecule has 0 spiro atoms. The van der Waals surface area contributed by atoms with Crippen molar-refractivity contribution in [1.82, 2.24) is 0 Å². The van der Waals surface area contributed by atoms with Gasteiger partial charge in [0.2, 0.25) is 0 Å². The second kappa shape index (κ2) is 7.39. The van der Waals surface area contributed by atoms with Crippen molar-refractivity contribution in [2.75, 3.05) is 13.2 Å². The first-order valence-corrected chi connectivity index (χ1v) is 6.66. The average molecular weight is 252 g/mol. The Hall–Kier alpha value is -1.06. The third kappa shape index (κ3) is 4.00. The van der Waals surface area contributed by atoms with E-state index in [9.17, 15) is 5.11 Å². The Labute approximate surface area is 109 Å². The predicted octanol–water partition coefficient (Wildman–Crippen LogP) is 2.49. The Morgan fingerprint density at radius 2 is 2.00 bits per heavy atom. The molecule has 1 aromatic rings. The number of ether oxygens (including phenoxy) is 1. The van der Waals surface area contributed by atoms with Crippen LogP contribution < -0.4 is 4.74 Å². The van der Waals surface area contributed by atoms with Crippen LogP contribution in [0.1, 0.15) is 44.2 Å². The Kier molecular flexibility index (Phi) is 6.16. The second-order valence-electron chi connectivity index (χ2n) is 4.63. The number of aliphatic hydroxyl groups is 2. The van der Waals surface area contributed by atoms with Crippen LogP contribution in [0.2, 0.25) is 0 Å². The fraction of sp³-hybridized carbons (Fsp3) is 0.600. The van der Waals surface area contributed by atoms with Crippen LogP contribution in [0.25, 0.3) is 0 Å². The molecule has 0 fully saturated rings. The lowest BCUT2D eigenvalue weighted by molar-refractivity contribution is 0.0833. The summed E-state index contributed by atoms with van der Waals surface area (Å²) >= 11 is 0. The minimum Gasteiger partial charge on any atom is -0.494 e. The molecule has 2 N–H and O–H groups in total. The quantitative estimate of drug-likeness (QED) is 0.784. The van der Waals surface area contributed by atoms with Gasteiger partial charge in [-0.05, 0) is 42.9 Å². The molecule has 18 heavy (non-hydrogen) atoms. The molecule has 3 nitrogen and oxygen atoms in total. The molecule has 2 atom stereocenters. The molecule has 0 radical (unpaired) electrons. The van der Waals surface area contributed by atoms with Gasteiger partial charge in [-0.15, -0.1) is 0 Å². The van der Waals surface area contributed by atoms with Gasteiger partial charge < -0.3 is 14.9 Å². The van der Waals surface area contributed by atoms with Crippen molar-refractivity contribution in [3.8, 4) is 5.75 Å². The number of hydrogen-bond donors (Lipinski definition) is 2. The third-order valence-corrected chi connectivity index (χ3v) is 3.15.